The van der Waals surface area contributed by atoms with Gasteiger partial charge in [0.15, 0.2) is 11.6 Å². The number of ether oxygens (including phenoxy) is 1. The molecule has 2 rings (SSSR count). The predicted molar refractivity (Wildman–Crippen MR) is 58.0 cm³/mol. The molecule has 1 heterocycles. The number of benzene rings is 1. The zero-order chi connectivity index (χ0) is 12.6. The van der Waals surface area contributed by atoms with E-state index in [4.69, 9.17) is 11.6 Å². The van der Waals surface area contributed by atoms with Gasteiger partial charge in [0, 0.05) is 5.39 Å². The Morgan fingerprint density at radius 3 is 2.76 bits per heavy atom. The zero-order valence-corrected chi connectivity index (χ0v) is 9.39. The Kier molecular flexibility index (Phi) is 2.93. The van der Waals surface area contributed by atoms with Crippen LogP contribution in [-0.4, -0.2) is 18.1 Å². The van der Waals surface area contributed by atoms with Gasteiger partial charge in [0.2, 0.25) is 0 Å². The van der Waals surface area contributed by atoms with Gasteiger partial charge >= 0.3 is 5.97 Å². The Labute approximate surface area is 100.0 Å². The van der Waals surface area contributed by atoms with E-state index in [1.807, 2.05) is 0 Å². The lowest BCUT2D eigenvalue weighted by Crippen LogP contribution is -2.04. The number of methoxy groups -OCH3 is 1. The fraction of sp³-hybridized carbons (Fsp3) is 0.0909. The summed E-state index contributed by atoms with van der Waals surface area (Å²) in [6, 6.07) is 3.57. The van der Waals surface area contributed by atoms with Gasteiger partial charge in [-0.3, -0.25) is 0 Å². The summed E-state index contributed by atoms with van der Waals surface area (Å²) in [5, 5.41) is 0.0440. The van der Waals surface area contributed by atoms with Crippen molar-refractivity contribution in [2.45, 2.75) is 0 Å². The number of halogens is 3. The summed E-state index contributed by atoms with van der Waals surface area (Å²) in [6.45, 7) is 0. The molecule has 0 aliphatic rings. The first-order valence-corrected chi connectivity index (χ1v) is 4.95. The molecule has 0 spiro atoms. The standard InChI is InChI=1S/C11H6ClF2NO2/c1-17-11(16)6-4-5-2-3-7(13)8(14)9(5)15-10(6)12/h2-4H,1H3. The Balaban J connectivity index is 2.75. The van der Waals surface area contributed by atoms with Gasteiger partial charge in [0.05, 0.1) is 12.7 Å². The number of carbonyl (C=O) groups excluding carboxylic acids is 1. The lowest BCUT2D eigenvalue weighted by atomic mass is 10.1. The summed E-state index contributed by atoms with van der Waals surface area (Å²) in [4.78, 5) is 15.0. The number of hydrogen-bond acceptors (Lipinski definition) is 3. The van der Waals surface area contributed by atoms with Gasteiger partial charge in [-0.25, -0.2) is 18.6 Å². The van der Waals surface area contributed by atoms with E-state index < -0.39 is 17.6 Å². The first kappa shape index (κ1) is 11.7. The average molecular weight is 258 g/mol. The Morgan fingerprint density at radius 2 is 2.12 bits per heavy atom. The minimum atomic E-state index is -1.10. The van der Waals surface area contributed by atoms with Gasteiger partial charge in [0.1, 0.15) is 10.7 Å². The van der Waals surface area contributed by atoms with Crippen molar-refractivity contribution in [3.05, 3.63) is 40.6 Å². The highest BCUT2D eigenvalue weighted by Crippen LogP contribution is 2.24. The van der Waals surface area contributed by atoms with E-state index in [1.165, 1.54) is 19.2 Å². The van der Waals surface area contributed by atoms with E-state index in [9.17, 15) is 13.6 Å². The molecule has 0 fully saturated rings. The molecule has 1 aromatic heterocycles. The molecular weight excluding hydrogens is 252 g/mol. The van der Waals surface area contributed by atoms with E-state index in [-0.39, 0.29) is 21.6 Å². The molecular formula is C11H6ClF2NO2. The normalized spacial score (nSPS) is 10.6. The van der Waals surface area contributed by atoms with Crippen LogP contribution < -0.4 is 0 Å². The monoisotopic (exact) mass is 257 g/mol. The van der Waals surface area contributed by atoms with Crippen molar-refractivity contribution >= 4 is 28.5 Å². The van der Waals surface area contributed by atoms with Gasteiger partial charge in [-0.05, 0) is 18.2 Å². The van der Waals surface area contributed by atoms with Crippen LogP contribution in [-0.2, 0) is 4.74 Å². The van der Waals surface area contributed by atoms with Gasteiger partial charge in [-0.15, -0.1) is 0 Å². The molecule has 0 aliphatic carbocycles. The highest BCUT2D eigenvalue weighted by molar-refractivity contribution is 6.32. The summed E-state index contributed by atoms with van der Waals surface area (Å²) in [5.41, 5.74) is -0.213. The third kappa shape index (κ3) is 1.93. The first-order valence-electron chi connectivity index (χ1n) is 4.57. The molecule has 1 aromatic carbocycles. The minimum absolute atomic E-state index is 0.00711. The second kappa shape index (κ2) is 4.25. The lowest BCUT2D eigenvalue weighted by molar-refractivity contribution is 0.0600. The van der Waals surface area contributed by atoms with Crippen LogP contribution >= 0.6 is 11.6 Å². The number of hydrogen-bond donors (Lipinski definition) is 0. The quantitative estimate of drug-likeness (QED) is 0.582. The fourth-order valence-electron chi connectivity index (χ4n) is 1.41. The highest BCUT2D eigenvalue weighted by Gasteiger charge is 2.16. The van der Waals surface area contributed by atoms with Gasteiger partial charge < -0.3 is 4.74 Å². The molecule has 0 bridgehead atoms. The second-order valence-corrected chi connectivity index (χ2v) is 3.61. The molecule has 3 nitrogen and oxygen atoms in total. The van der Waals surface area contributed by atoms with Crippen LogP contribution in [0.25, 0.3) is 10.9 Å². The zero-order valence-electron chi connectivity index (χ0n) is 8.63. The van der Waals surface area contributed by atoms with Crippen LogP contribution in [0.4, 0.5) is 8.78 Å². The average Bonchev–Trinajstić information content (AvgIpc) is 2.33. The number of esters is 1. The van der Waals surface area contributed by atoms with Crippen molar-refractivity contribution in [1.29, 1.82) is 0 Å². The maximum Gasteiger partial charge on any atom is 0.341 e. The van der Waals surface area contributed by atoms with Crippen LogP contribution in [0.2, 0.25) is 5.15 Å². The highest BCUT2D eigenvalue weighted by atomic mass is 35.5. The predicted octanol–water partition coefficient (Wildman–Crippen LogP) is 2.95. The molecule has 0 unspecified atom stereocenters. The van der Waals surface area contributed by atoms with Crippen LogP contribution in [0, 0.1) is 11.6 Å². The van der Waals surface area contributed by atoms with E-state index in [2.05, 4.69) is 9.72 Å². The number of nitrogens with zero attached hydrogens (tertiary/aromatic N) is 1. The Morgan fingerprint density at radius 1 is 1.41 bits per heavy atom. The van der Waals surface area contributed by atoms with Gasteiger partial charge in [-0.2, -0.15) is 0 Å². The molecule has 6 heteroatoms. The Bertz CT molecular complexity index is 616. The number of carbonyl (C=O) groups is 1. The second-order valence-electron chi connectivity index (χ2n) is 3.25. The van der Waals surface area contributed by atoms with Crippen LogP contribution in [0.1, 0.15) is 10.4 Å². The minimum Gasteiger partial charge on any atom is -0.465 e. The molecule has 0 aliphatic heterocycles. The van der Waals surface area contributed by atoms with E-state index >= 15 is 0 Å². The summed E-state index contributed by atoms with van der Waals surface area (Å²) < 4.78 is 30.8. The lowest BCUT2D eigenvalue weighted by Gasteiger charge is -2.05. The van der Waals surface area contributed by atoms with E-state index in [0.29, 0.717) is 0 Å². The summed E-state index contributed by atoms with van der Waals surface area (Å²) in [7, 11) is 1.19. The maximum absolute atomic E-state index is 13.4. The fourth-order valence-corrected chi connectivity index (χ4v) is 1.63. The summed E-state index contributed by atoms with van der Waals surface area (Å²) in [6.07, 6.45) is 0. The van der Waals surface area contributed by atoms with Crippen LogP contribution in [0.3, 0.4) is 0 Å². The third-order valence-corrected chi connectivity index (χ3v) is 2.53. The Hall–Kier alpha value is -1.75. The maximum atomic E-state index is 13.4. The number of rotatable bonds is 1. The smallest absolute Gasteiger partial charge is 0.341 e. The van der Waals surface area contributed by atoms with Crippen molar-refractivity contribution in [2.75, 3.05) is 7.11 Å². The number of aromatic nitrogens is 1. The van der Waals surface area contributed by atoms with Crippen LogP contribution in [0.15, 0.2) is 18.2 Å². The van der Waals surface area contributed by atoms with Crippen molar-refractivity contribution in [3.63, 3.8) is 0 Å². The molecule has 2 aromatic rings. The topological polar surface area (TPSA) is 39.2 Å². The van der Waals surface area contributed by atoms with E-state index in [0.717, 1.165) is 6.07 Å². The van der Waals surface area contributed by atoms with Crippen molar-refractivity contribution < 1.29 is 18.3 Å². The molecule has 0 atom stereocenters. The van der Waals surface area contributed by atoms with Gasteiger partial charge in [0.25, 0.3) is 0 Å². The van der Waals surface area contributed by atoms with E-state index in [1.54, 1.807) is 0 Å². The number of fused-ring (bicyclic) bond motifs is 1. The third-order valence-electron chi connectivity index (χ3n) is 2.24. The van der Waals surface area contributed by atoms with Crippen LogP contribution in [0.5, 0.6) is 0 Å². The molecule has 0 radical (unpaired) electrons. The SMILES string of the molecule is COC(=O)c1cc2ccc(F)c(F)c2nc1Cl. The molecule has 0 N–H and O–H groups in total. The largest absolute Gasteiger partial charge is 0.465 e. The molecule has 0 saturated heterocycles. The first-order chi connectivity index (χ1) is 8.04. The molecule has 88 valence electrons. The van der Waals surface area contributed by atoms with Gasteiger partial charge in [-0.1, -0.05) is 11.6 Å². The van der Waals surface area contributed by atoms with Crippen molar-refractivity contribution in [3.8, 4) is 0 Å². The summed E-state index contributed by atoms with van der Waals surface area (Å²) in [5.74, 6) is -2.80. The van der Waals surface area contributed by atoms with Crippen molar-refractivity contribution in [2.24, 2.45) is 0 Å². The molecule has 0 saturated carbocycles. The van der Waals surface area contributed by atoms with Crippen molar-refractivity contribution in [1.82, 2.24) is 4.98 Å². The summed E-state index contributed by atoms with van der Waals surface area (Å²) >= 11 is 5.70. The number of pyridine rings is 1. The molecule has 0 amide bonds. The molecule has 17 heavy (non-hydrogen) atoms.